The Hall–Kier alpha value is -3.27. The van der Waals surface area contributed by atoms with Crippen molar-refractivity contribution < 1.29 is 14.3 Å². The number of carbonyl (C=O) groups excluding carboxylic acids is 1. The second-order valence-electron chi connectivity index (χ2n) is 8.99. The number of hydrazine groups is 1. The number of nitrogens with two attached hydrogens (primary N) is 2. The van der Waals surface area contributed by atoms with Crippen molar-refractivity contribution in [1.82, 2.24) is 14.8 Å². The number of nitrogens with one attached hydrogen (secondary N) is 1. The molecule has 1 aromatic heterocycles. The first-order valence-corrected chi connectivity index (χ1v) is 12.8. The monoisotopic (exact) mass is 494 g/mol. The topological polar surface area (TPSA) is 111 Å². The third-order valence-corrected chi connectivity index (χ3v) is 6.55. The fourth-order valence-electron chi connectivity index (χ4n) is 4.60. The number of nitrogen functional groups attached to an aromatic ring is 1. The van der Waals surface area contributed by atoms with E-state index >= 15 is 0 Å². The molecule has 0 atom stereocenters. The van der Waals surface area contributed by atoms with Crippen LogP contribution in [0.25, 0.3) is 22.2 Å². The predicted molar refractivity (Wildman–Crippen MR) is 145 cm³/mol. The van der Waals surface area contributed by atoms with Gasteiger partial charge in [0.2, 0.25) is 0 Å². The molecule has 0 bridgehead atoms. The number of nitrogens with zero attached hydrogens (tertiary/aromatic N) is 3. The number of hydrogen-bond donors (Lipinski definition) is 3. The predicted octanol–water partition coefficient (Wildman–Crippen LogP) is 3.81. The van der Waals surface area contributed by atoms with Gasteiger partial charge in [-0.3, -0.25) is 4.90 Å². The van der Waals surface area contributed by atoms with Crippen LogP contribution in [0.15, 0.2) is 42.5 Å². The van der Waals surface area contributed by atoms with Crippen LogP contribution in [-0.4, -0.2) is 61.5 Å². The minimum absolute atomic E-state index is 0.329. The zero-order valence-electron chi connectivity index (χ0n) is 21.3. The van der Waals surface area contributed by atoms with Crippen LogP contribution in [-0.2, 0) is 11.3 Å². The summed E-state index contributed by atoms with van der Waals surface area (Å²) < 4.78 is 13.7. The van der Waals surface area contributed by atoms with Crippen LogP contribution >= 0.6 is 0 Å². The molecule has 2 aromatic carbocycles. The first kappa shape index (κ1) is 25.8. The van der Waals surface area contributed by atoms with Crippen molar-refractivity contribution in [2.45, 2.75) is 33.2 Å². The van der Waals surface area contributed by atoms with Gasteiger partial charge >= 0.3 is 6.03 Å². The summed E-state index contributed by atoms with van der Waals surface area (Å²) in [5.41, 5.74) is 10.9. The standard InChI is InChI=1S/C27H38N6O3/c1-3-12-30-27(34)33(29)21-8-6-20(7-9-21)26-25(28)23-11-10-22(19-24(23)32(26)4-2)36-16-5-13-31-14-17-35-18-15-31/h6-11,19H,3-5,12-18,28-29H2,1-2H3,(H,30,34). The molecule has 0 radical (unpaired) electrons. The molecule has 2 amide bonds. The van der Waals surface area contributed by atoms with E-state index in [0.29, 0.717) is 18.8 Å². The molecule has 0 unspecified atom stereocenters. The number of fused-ring (bicyclic) bond motifs is 1. The SMILES string of the molecule is CCCNC(=O)N(N)c1ccc(-c2c(N)c3ccc(OCCCN4CCOCC4)cc3n2CC)cc1. The van der Waals surface area contributed by atoms with Gasteiger partial charge in [-0.05, 0) is 44.0 Å². The van der Waals surface area contributed by atoms with Gasteiger partial charge in [-0.2, -0.15) is 0 Å². The molecule has 9 nitrogen and oxygen atoms in total. The minimum atomic E-state index is -0.329. The van der Waals surface area contributed by atoms with Gasteiger partial charge in [0.05, 0.1) is 42.4 Å². The fourth-order valence-corrected chi connectivity index (χ4v) is 4.60. The van der Waals surface area contributed by atoms with E-state index in [-0.39, 0.29) is 6.03 Å². The Balaban J connectivity index is 1.49. The summed E-state index contributed by atoms with van der Waals surface area (Å²) in [6.07, 6.45) is 1.82. The third kappa shape index (κ3) is 5.75. The maximum Gasteiger partial charge on any atom is 0.336 e. The molecule has 36 heavy (non-hydrogen) atoms. The average molecular weight is 495 g/mol. The lowest BCUT2D eigenvalue weighted by molar-refractivity contribution is 0.0358. The summed E-state index contributed by atoms with van der Waals surface area (Å²) in [5.74, 6) is 6.84. The van der Waals surface area contributed by atoms with Gasteiger partial charge in [0, 0.05) is 49.7 Å². The zero-order valence-corrected chi connectivity index (χ0v) is 21.3. The van der Waals surface area contributed by atoms with Crippen LogP contribution in [0.1, 0.15) is 26.7 Å². The van der Waals surface area contributed by atoms with E-state index in [0.717, 1.165) is 90.8 Å². The van der Waals surface area contributed by atoms with E-state index in [1.54, 1.807) is 0 Å². The lowest BCUT2D eigenvalue weighted by Gasteiger charge is -2.26. The Labute approximate surface area is 212 Å². The first-order chi connectivity index (χ1) is 17.5. The maximum atomic E-state index is 12.2. The highest BCUT2D eigenvalue weighted by molar-refractivity contribution is 6.01. The van der Waals surface area contributed by atoms with Crippen LogP contribution in [0, 0.1) is 0 Å². The second kappa shape index (κ2) is 12.1. The van der Waals surface area contributed by atoms with E-state index in [2.05, 4.69) is 27.8 Å². The van der Waals surface area contributed by atoms with Crippen LogP contribution < -0.4 is 26.6 Å². The Bertz CT molecular complexity index is 1150. The Kier molecular flexibility index (Phi) is 8.69. The van der Waals surface area contributed by atoms with Crippen molar-refractivity contribution >= 4 is 28.3 Å². The van der Waals surface area contributed by atoms with Crippen molar-refractivity contribution in [3.05, 3.63) is 42.5 Å². The molecular formula is C27H38N6O3. The molecule has 3 aromatic rings. The van der Waals surface area contributed by atoms with Crippen LogP contribution in [0.2, 0.25) is 0 Å². The normalized spacial score (nSPS) is 14.2. The van der Waals surface area contributed by atoms with Gasteiger partial charge in [0.25, 0.3) is 0 Å². The van der Waals surface area contributed by atoms with Crippen molar-refractivity contribution in [2.75, 3.05) is 56.7 Å². The summed E-state index contributed by atoms with van der Waals surface area (Å²) in [6, 6.07) is 13.3. The highest BCUT2D eigenvalue weighted by atomic mass is 16.5. The molecule has 0 saturated carbocycles. The van der Waals surface area contributed by atoms with Gasteiger partial charge in [-0.25, -0.2) is 15.6 Å². The molecule has 0 spiro atoms. The lowest BCUT2D eigenvalue weighted by Crippen LogP contribution is -2.45. The third-order valence-electron chi connectivity index (χ3n) is 6.55. The number of aromatic nitrogens is 1. The molecule has 2 heterocycles. The van der Waals surface area contributed by atoms with E-state index in [4.69, 9.17) is 21.1 Å². The number of amides is 2. The molecule has 1 fully saturated rings. The zero-order chi connectivity index (χ0) is 25.5. The number of anilines is 2. The van der Waals surface area contributed by atoms with Crippen molar-refractivity contribution in [3.8, 4) is 17.0 Å². The number of ether oxygens (including phenoxy) is 2. The Morgan fingerprint density at radius 1 is 1.14 bits per heavy atom. The number of morpholine rings is 1. The van der Waals surface area contributed by atoms with Crippen LogP contribution in [0.3, 0.4) is 0 Å². The van der Waals surface area contributed by atoms with Crippen molar-refractivity contribution in [2.24, 2.45) is 5.84 Å². The number of rotatable bonds is 10. The molecule has 9 heteroatoms. The highest BCUT2D eigenvalue weighted by Gasteiger charge is 2.18. The summed E-state index contributed by atoms with van der Waals surface area (Å²) in [7, 11) is 0. The van der Waals surface area contributed by atoms with Gasteiger partial charge < -0.3 is 25.1 Å². The fraction of sp³-hybridized carbons (Fsp3) is 0.444. The molecule has 4 rings (SSSR count). The van der Waals surface area contributed by atoms with Gasteiger partial charge in [0.1, 0.15) is 5.75 Å². The number of benzene rings is 2. The summed E-state index contributed by atoms with van der Waals surface area (Å²) >= 11 is 0. The molecule has 5 N–H and O–H groups in total. The molecule has 194 valence electrons. The largest absolute Gasteiger partial charge is 0.493 e. The van der Waals surface area contributed by atoms with E-state index in [9.17, 15) is 4.79 Å². The number of urea groups is 1. The minimum Gasteiger partial charge on any atom is -0.493 e. The van der Waals surface area contributed by atoms with Crippen LogP contribution in [0.4, 0.5) is 16.2 Å². The molecule has 0 aliphatic carbocycles. The molecule has 1 aliphatic rings. The van der Waals surface area contributed by atoms with E-state index < -0.39 is 0 Å². The summed E-state index contributed by atoms with van der Waals surface area (Å²) in [5, 5.41) is 4.90. The first-order valence-electron chi connectivity index (χ1n) is 12.8. The van der Waals surface area contributed by atoms with Gasteiger partial charge in [-0.1, -0.05) is 19.1 Å². The Morgan fingerprint density at radius 3 is 2.58 bits per heavy atom. The summed E-state index contributed by atoms with van der Waals surface area (Å²) in [4.78, 5) is 14.6. The van der Waals surface area contributed by atoms with Gasteiger partial charge in [0.15, 0.2) is 0 Å². The number of carbonyl (C=O) groups is 1. The smallest absolute Gasteiger partial charge is 0.336 e. The van der Waals surface area contributed by atoms with E-state index in [1.807, 2.05) is 43.3 Å². The molecular weight excluding hydrogens is 456 g/mol. The lowest BCUT2D eigenvalue weighted by atomic mass is 10.1. The molecule has 1 aliphatic heterocycles. The number of aryl methyl sites for hydroxylation is 1. The van der Waals surface area contributed by atoms with E-state index in [1.165, 1.54) is 0 Å². The number of hydrogen-bond acceptors (Lipinski definition) is 6. The quantitative estimate of drug-likeness (QED) is 0.171. The van der Waals surface area contributed by atoms with Crippen molar-refractivity contribution in [3.63, 3.8) is 0 Å². The van der Waals surface area contributed by atoms with Crippen LogP contribution in [0.5, 0.6) is 5.75 Å². The second-order valence-corrected chi connectivity index (χ2v) is 8.99. The van der Waals surface area contributed by atoms with Crippen molar-refractivity contribution in [1.29, 1.82) is 0 Å². The van der Waals surface area contributed by atoms with Gasteiger partial charge in [-0.15, -0.1) is 0 Å². The highest BCUT2D eigenvalue weighted by Crippen LogP contribution is 2.38. The maximum absolute atomic E-state index is 12.2. The molecule has 1 saturated heterocycles. The summed E-state index contributed by atoms with van der Waals surface area (Å²) in [6.45, 7) is 10.7. The Morgan fingerprint density at radius 2 is 1.89 bits per heavy atom. The average Bonchev–Trinajstić information content (AvgIpc) is 3.20.